The normalized spacial score (nSPS) is 14.0. The largest absolute Gasteiger partial charge is 0.365 e. The molecule has 1 aliphatic rings. The van der Waals surface area contributed by atoms with Gasteiger partial charge < -0.3 is 15.1 Å². The van der Waals surface area contributed by atoms with Crippen molar-refractivity contribution in [1.82, 2.24) is 4.90 Å². The Balaban J connectivity index is 1.82. The number of hydrogen-bond donors (Lipinski definition) is 1. The van der Waals surface area contributed by atoms with Crippen molar-refractivity contribution in [2.45, 2.75) is 13.8 Å². The molecule has 1 saturated heterocycles. The van der Waals surface area contributed by atoms with Gasteiger partial charge in [-0.3, -0.25) is 19.7 Å². The second-order valence-corrected chi connectivity index (χ2v) is 7.74. The van der Waals surface area contributed by atoms with Gasteiger partial charge in [-0.2, -0.15) is 0 Å². The van der Waals surface area contributed by atoms with Crippen LogP contribution in [0.5, 0.6) is 0 Å². The first-order valence-corrected chi connectivity index (χ1v) is 10.0. The molecule has 0 bridgehead atoms. The van der Waals surface area contributed by atoms with Crippen LogP contribution in [0.2, 0.25) is 5.02 Å². The van der Waals surface area contributed by atoms with Gasteiger partial charge in [0.25, 0.3) is 11.6 Å². The van der Waals surface area contributed by atoms with Gasteiger partial charge in [0.2, 0.25) is 5.91 Å². The maximum atomic E-state index is 12.8. The van der Waals surface area contributed by atoms with E-state index in [1.54, 1.807) is 24.3 Å². The number of nitrogens with one attached hydrogen (secondary N) is 1. The molecule has 0 atom stereocenters. The summed E-state index contributed by atoms with van der Waals surface area (Å²) in [4.78, 5) is 39.5. The molecule has 158 valence electrons. The number of nitro benzene ring substituents is 1. The zero-order valence-corrected chi connectivity index (χ0v) is 17.6. The minimum Gasteiger partial charge on any atom is -0.365 e. The van der Waals surface area contributed by atoms with E-state index in [9.17, 15) is 19.7 Å². The number of hydrogen-bond acceptors (Lipinski definition) is 5. The molecule has 1 fully saturated rings. The van der Waals surface area contributed by atoms with Crippen molar-refractivity contribution in [3.8, 4) is 0 Å². The Hall–Kier alpha value is -3.13. The van der Waals surface area contributed by atoms with Crippen LogP contribution in [0.1, 0.15) is 24.2 Å². The third kappa shape index (κ3) is 4.54. The van der Waals surface area contributed by atoms with Gasteiger partial charge in [0.05, 0.1) is 21.3 Å². The molecule has 30 heavy (non-hydrogen) atoms. The van der Waals surface area contributed by atoms with Gasteiger partial charge in [-0.25, -0.2) is 0 Å². The van der Waals surface area contributed by atoms with E-state index < -0.39 is 10.8 Å². The number of carbonyl (C=O) groups excluding carboxylic acids is 2. The molecule has 2 aromatic rings. The minimum absolute atomic E-state index is 0.0271. The fourth-order valence-corrected chi connectivity index (χ4v) is 3.76. The molecule has 1 heterocycles. The third-order valence-electron chi connectivity index (χ3n) is 4.98. The minimum atomic E-state index is -0.585. The highest BCUT2D eigenvalue weighted by Gasteiger charge is 2.26. The number of halogens is 1. The van der Waals surface area contributed by atoms with Crippen molar-refractivity contribution < 1.29 is 14.5 Å². The summed E-state index contributed by atoms with van der Waals surface area (Å²) < 4.78 is 0. The molecule has 8 nitrogen and oxygen atoms in total. The molecule has 0 aliphatic carbocycles. The van der Waals surface area contributed by atoms with Crippen molar-refractivity contribution in [2.24, 2.45) is 5.92 Å². The van der Waals surface area contributed by atoms with Crippen LogP contribution in [0.15, 0.2) is 42.5 Å². The Labute approximate surface area is 179 Å². The number of piperazine rings is 1. The lowest BCUT2D eigenvalue weighted by atomic mass is 10.1. The topological polar surface area (TPSA) is 95.8 Å². The van der Waals surface area contributed by atoms with E-state index in [4.69, 9.17) is 11.6 Å². The average molecular weight is 431 g/mol. The van der Waals surface area contributed by atoms with E-state index >= 15 is 0 Å². The molecule has 0 radical (unpaired) electrons. The lowest BCUT2D eigenvalue weighted by Gasteiger charge is -2.38. The predicted molar refractivity (Wildman–Crippen MR) is 116 cm³/mol. The lowest BCUT2D eigenvalue weighted by Crippen LogP contribution is -2.50. The SMILES string of the molecule is CC(C)C(=O)N1CCN(c2c(Cl)cccc2NC(=O)c2ccccc2[N+](=O)[O-])CC1. The second-order valence-electron chi connectivity index (χ2n) is 7.33. The third-order valence-corrected chi connectivity index (χ3v) is 5.29. The molecule has 0 unspecified atom stereocenters. The maximum Gasteiger partial charge on any atom is 0.282 e. The predicted octanol–water partition coefficient (Wildman–Crippen LogP) is 3.81. The molecule has 2 aromatic carbocycles. The Morgan fingerprint density at radius 1 is 1.07 bits per heavy atom. The first-order chi connectivity index (χ1) is 14.3. The summed E-state index contributed by atoms with van der Waals surface area (Å²) in [6.07, 6.45) is 0. The summed E-state index contributed by atoms with van der Waals surface area (Å²) in [7, 11) is 0. The van der Waals surface area contributed by atoms with E-state index in [1.165, 1.54) is 18.2 Å². The molecule has 2 amide bonds. The summed E-state index contributed by atoms with van der Waals surface area (Å²) in [5, 5.41) is 14.5. The van der Waals surface area contributed by atoms with Crippen LogP contribution in [0.4, 0.5) is 17.1 Å². The molecule has 0 saturated carbocycles. The molecule has 1 aliphatic heterocycles. The Morgan fingerprint density at radius 2 is 1.73 bits per heavy atom. The van der Waals surface area contributed by atoms with Gasteiger partial charge in [0, 0.05) is 38.2 Å². The Bertz CT molecular complexity index is 971. The number of amides is 2. The van der Waals surface area contributed by atoms with Crippen LogP contribution in [0.3, 0.4) is 0 Å². The average Bonchev–Trinajstić information content (AvgIpc) is 2.73. The number of benzene rings is 2. The zero-order valence-electron chi connectivity index (χ0n) is 16.8. The molecule has 3 rings (SSSR count). The van der Waals surface area contributed by atoms with Crippen molar-refractivity contribution in [3.63, 3.8) is 0 Å². The van der Waals surface area contributed by atoms with Gasteiger partial charge in [0.1, 0.15) is 5.56 Å². The highest BCUT2D eigenvalue weighted by molar-refractivity contribution is 6.34. The van der Waals surface area contributed by atoms with Gasteiger partial charge in [-0.15, -0.1) is 0 Å². The fourth-order valence-electron chi connectivity index (χ4n) is 3.47. The van der Waals surface area contributed by atoms with E-state index in [0.717, 1.165) is 0 Å². The highest BCUT2D eigenvalue weighted by atomic mass is 35.5. The summed E-state index contributed by atoms with van der Waals surface area (Å²) in [5.41, 5.74) is 0.817. The van der Waals surface area contributed by atoms with Crippen molar-refractivity contribution in [2.75, 3.05) is 36.4 Å². The molecular formula is C21H23ClN4O4. The summed E-state index contributed by atoms with van der Waals surface area (Å²) in [5.74, 6) is -0.536. The standard InChI is InChI=1S/C21H23ClN4O4/c1-14(2)21(28)25-12-10-24(11-13-25)19-16(22)7-5-8-17(19)23-20(27)15-6-3-4-9-18(15)26(29)30/h3-9,14H,10-13H2,1-2H3,(H,23,27). The summed E-state index contributed by atoms with van der Waals surface area (Å²) >= 11 is 6.44. The Morgan fingerprint density at radius 3 is 2.37 bits per heavy atom. The molecule has 0 aromatic heterocycles. The van der Waals surface area contributed by atoms with Crippen molar-refractivity contribution in [1.29, 1.82) is 0 Å². The number of nitro groups is 1. The van der Waals surface area contributed by atoms with Gasteiger partial charge in [0.15, 0.2) is 0 Å². The first kappa shape index (κ1) is 21.6. The first-order valence-electron chi connectivity index (χ1n) is 9.66. The van der Waals surface area contributed by atoms with Crippen LogP contribution in [-0.4, -0.2) is 47.8 Å². The Kier molecular flexibility index (Phi) is 6.56. The molecule has 9 heteroatoms. The van der Waals surface area contributed by atoms with E-state index in [0.29, 0.717) is 42.6 Å². The van der Waals surface area contributed by atoms with Crippen molar-refractivity contribution >= 4 is 40.5 Å². The summed E-state index contributed by atoms with van der Waals surface area (Å²) in [6.45, 7) is 5.99. The maximum absolute atomic E-state index is 12.8. The number of rotatable bonds is 5. The fraction of sp³-hybridized carbons (Fsp3) is 0.333. The van der Waals surface area contributed by atoms with E-state index in [-0.39, 0.29) is 23.1 Å². The number of carbonyl (C=O) groups is 2. The van der Waals surface area contributed by atoms with Crippen LogP contribution >= 0.6 is 11.6 Å². The monoisotopic (exact) mass is 430 g/mol. The van der Waals surface area contributed by atoms with Gasteiger partial charge >= 0.3 is 0 Å². The van der Waals surface area contributed by atoms with E-state index in [2.05, 4.69) is 5.32 Å². The van der Waals surface area contributed by atoms with E-state index in [1.807, 2.05) is 23.6 Å². The zero-order chi connectivity index (χ0) is 21.8. The van der Waals surface area contributed by atoms with Crippen molar-refractivity contribution in [3.05, 3.63) is 63.2 Å². The number of para-hydroxylation sites is 2. The van der Waals surface area contributed by atoms with Crippen LogP contribution in [0, 0.1) is 16.0 Å². The van der Waals surface area contributed by atoms with Gasteiger partial charge in [-0.05, 0) is 18.2 Å². The highest BCUT2D eigenvalue weighted by Crippen LogP contribution is 2.35. The van der Waals surface area contributed by atoms with Crippen LogP contribution in [-0.2, 0) is 4.79 Å². The van der Waals surface area contributed by atoms with Crippen LogP contribution in [0.25, 0.3) is 0 Å². The second kappa shape index (κ2) is 9.13. The quantitative estimate of drug-likeness (QED) is 0.574. The summed E-state index contributed by atoms with van der Waals surface area (Å²) in [6, 6.07) is 10.9. The van der Waals surface area contributed by atoms with Gasteiger partial charge in [-0.1, -0.05) is 43.6 Å². The van der Waals surface area contributed by atoms with Crippen LogP contribution < -0.4 is 10.2 Å². The smallest absolute Gasteiger partial charge is 0.282 e. The number of anilines is 2. The lowest BCUT2D eigenvalue weighted by molar-refractivity contribution is -0.385. The molecular weight excluding hydrogens is 408 g/mol. The molecule has 0 spiro atoms. The number of nitrogens with zero attached hydrogens (tertiary/aromatic N) is 3. The molecule has 1 N–H and O–H groups in total.